The topological polar surface area (TPSA) is 72.9 Å². The fraction of sp³-hybridized carbons (Fsp3) is 0.214. The lowest BCUT2D eigenvalue weighted by atomic mass is 10.2. The molecule has 0 saturated heterocycles. The second-order valence-electron chi connectivity index (χ2n) is 4.65. The maximum absolute atomic E-state index is 12.2. The molecule has 5 nitrogen and oxygen atoms in total. The molecular formula is C14H15ClN4OS. The Bertz CT molecular complexity index is 661. The Balaban J connectivity index is 2.08. The number of nitrogens with one attached hydrogen (secondary N) is 1. The smallest absolute Gasteiger partial charge is 0.248 e. The van der Waals surface area contributed by atoms with E-state index in [0.717, 1.165) is 5.56 Å². The van der Waals surface area contributed by atoms with E-state index in [2.05, 4.69) is 10.4 Å². The first-order valence-corrected chi connectivity index (χ1v) is 7.09. The molecule has 2 rings (SSSR count). The Morgan fingerprint density at radius 1 is 1.43 bits per heavy atom. The number of aryl methyl sites for hydroxylation is 1. The van der Waals surface area contributed by atoms with Crippen molar-refractivity contribution in [2.75, 3.05) is 5.32 Å². The predicted octanol–water partition coefficient (Wildman–Crippen LogP) is 2.68. The van der Waals surface area contributed by atoms with Crippen LogP contribution in [-0.2, 0) is 4.79 Å². The van der Waals surface area contributed by atoms with Gasteiger partial charge in [0.15, 0.2) is 0 Å². The summed E-state index contributed by atoms with van der Waals surface area (Å²) in [4.78, 5) is 12.5. The third-order valence-corrected chi connectivity index (χ3v) is 3.68. The van der Waals surface area contributed by atoms with Crippen molar-refractivity contribution in [3.8, 4) is 0 Å². The highest BCUT2D eigenvalue weighted by atomic mass is 35.5. The third kappa shape index (κ3) is 3.59. The van der Waals surface area contributed by atoms with Crippen LogP contribution in [0.3, 0.4) is 0 Å². The maximum Gasteiger partial charge on any atom is 0.248 e. The number of anilines is 1. The molecular weight excluding hydrogens is 308 g/mol. The molecule has 7 heteroatoms. The van der Waals surface area contributed by atoms with Crippen molar-refractivity contribution in [1.82, 2.24) is 9.78 Å². The average molecular weight is 323 g/mol. The van der Waals surface area contributed by atoms with E-state index < -0.39 is 6.04 Å². The van der Waals surface area contributed by atoms with E-state index in [0.29, 0.717) is 21.4 Å². The molecule has 3 N–H and O–H groups in total. The molecule has 0 saturated carbocycles. The van der Waals surface area contributed by atoms with E-state index in [4.69, 9.17) is 29.6 Å². The van der Waals surface area contributed by atoms with Gasteiger partial charge in [-0.3, -0.25) is 9.48 Å². The number of nitrogens with two attached hydrogens (primary N) is 1. The first kappa shape index (κ1) is 15.5. The van der Waals surface area contributed by atoms with Crippen molar-refractivity contribution in [2.45, 2.75) is 19.9 Å². The zero-order chi connectivity index (χ0) is 15.6. The molecule has 0 aliphatic carbocycles. The van der Waals surface area contributed by atoms with Gasteiger partial charge in [0.25, 0.3) is 0 Å². The van der Waals surface area contributed by atoms with E-state index in [1.165, 1.54) is 4.68 Å². The maximum atomic E-state index is 12.2. The lowest BCUT2D eigenvalue weighted by Crippen LogP contribution is -2.24. The van der Waals surface area contributed by atoms with Crippen LogP contribution in [0.5, 0.6) is 0 Å². The van der Waals surface area contributed by atoms with Gasteiger partial charge < -0.3 is 11.1 Å². The minimum atomic E-state index is -0.466. The number of carbonyl (C=O) groups is 1. The van der Waals surface area contributed by atoms with E-state index in [9.17, 15) is 4.79 Å². The van der Waals surface area contributed by atoms with Gasteiger partial charge in [-0.1, -0.05) is 23.8 Å². The van der Waals surface area contributed by atoms with Crippen molar-refractivity contribution < 1.29 is 4.79 Å². The number of benzene rings is 1. The van der Waals surface area contributed by atoms with Gasteiger partial charge in [0, 0.05) is 17.4 Å². The molecule has 0 radical (unpaired) electrons. The molecule has 1 heterocycles. The quantitative estimate of drug-likeness (QED) is 0.849. The Kier molecular flexibility index (Phi) is 4.59. The van der Waals surface area contributed by atoms with Gasteiger partial charge in [0.2, 0.25) is 5.91 Å². The molecule has 1 aromatic heterocycles. The van der Waals surface area contributed by atoms with Gasteiger partial charge in [-0.15, -0.1) is 0 Å². The Morgan fingerprint density at radius 3 is 2.52 bits per heavy atom. The standard InChI is InChI=1S/C14H15ClN4OS/c1-8-12(15)7-19(18-8)9(2)14(20)17-11-5-3-10(4-6-11)13(16)21/h3-7,9H,1-2H3,(H2,16,21)(H,17,20). The van der Waals surface area contributed by atoms with Crippen LogP contribution in [0, 0.1) is 6.92 Å². The summed E-state index contributed by atoms with van der Waals surface area (Å²) in [6.45, 7) is 3.54. The summed E-state index contributed by atoms with van der Waals surface area (Å²) in [7, 11) is 0. The van der Waals surface area contributed by atoms with Crippen LogP contribution in [0.25, 0.3) is 0 Å². The number of rotatable bonds is 4. The Labute approximate surface area is 133 Å². The summed E-state index contributed by atoms with van der Waals surface area (Å²) < 4.78 is 1.54. The number of nitrogens with zero attached hydrogens (tertiary/aromatic N) is 2. The van der Waals surface area contributed by atoms with Gasteiger partial charge in [0.1, 0.15) is 11.0 Å². The van der Waals surface area contributed by atoms with Crippen molar-refractivity contribution >= 4 is 40.4 Å². The van der Waals surface area contributed by atoms with Crippen molar-refractivity contribution in [1.29, 1.82) is 0 Å². The predicted molar refractivity (Wildman–Crippen MR) is 87.6 cm³/mol. The summed E-state index contributed by atoms with van der Waals surface area (Å²) in [6, 6.07) is 6.56. The molecule has 0 aliphatic heterocycles. The summed E-state index contributed by atoms with van der Waals surface area (Å²) in [5.74, 6) is -0.183. The van der Waals surface area contributed by atoms with Crippen LogP contribution < -0.4 is 11.1 Å². The first-order valence-electron chi connectivity index (χ1n) is 6.30. The largest absolute Gasteiger partial charge is 0.389 e. The van der Waals surface area contributed by atoms with Gasteiger partial charge in [-0.25, -0.2) is 0 Å². The first-order chi connectivity index (χ1) is 9.88. The number of carbonyl (C=O) groups excluding carboxylic acids is 1. The minimum Gasteiger partial charge on any atom is -0.389 e. The van der Waals surface area contributed by atoms with Crippen LogP contribution in [0.15, 0.2) is 30.5 Å². The SMILES string of the molecule is Cc1nn(C(C)C(=O)Nc2ccc(C(N)=S)cc2)cc1Cl. The highest BCUT2D eigenvalue weighted by molar-refractivity contribution is 7.80. The molecule has 2 aromatic rings. The van der Waals surface area contributed by atoms with E-state index >= 15 is 0 Å². The molecule has 1 unspecified atom stereocenters. The zero-order valence-corrected chi connectivity index (χ0v) is 13.2. The lowest BCUT2D eigenvalue weighted by Gasteiger charge is -2.13. The third-order valence-electron chi connectivity index (χ3n) is 3.07. The van der Waals surface area contributed by atoms with Crippen LogP contribution in [0.4, 0.5) is 5.69 Å². The number of thiocarbonyl (C=S) groups is 1. The zero-order valence-electron chi connectivity index (χ0n) is 11.6. The number of halogens is 1. The summed E-state index contributed by atoms with van der Waals surface area (Å²) >= 11 is 10.8. The Hall–Kier alpha value is -1.92. The second kappa shape index (κ2) is 6.24. The molecule has 0 fully saturated rings. The van der Waals surface area contributed by atoms with Crippen LogP contribution in [-0.4, -0.2) is 20.7 Å². The molecule has 110 valence electrons. The normalized spacial score (nSPS) is 12.0. The van der Waals surface area contributed by atoms with Gasteiger partial charge >= 0.3 is 0 Å². The molecule has 0 bridgehead atoms. The summed E-state index contributed by atoms with van der Waals surface area (Å²) in [5, 5.41) is 7.55. The van der Waals surface area contributed by atoms with Crippen LogP contribution in [0.1, 0.15) is 24.2 Å². The monoisotopic (exact) mass is 322 g/mol. The fourth-order valence-electron chi connectivity index (χ4n) is 1.74. The van der Waals surface area contributed by atoms with Crippen LogP contribution >= 0.6 is 23.8 Å². The van der Waals surface area contributed by atoms with Crippen molar-refractivity contribution in [2.24, 2.45) is 5.73 Å². The van der Waals surface area contributed by atoms with Crippen molar-refractivity contribution in [3.05, 3.63) is 46.7 Å². The average Bonchev–Trinajstić information content (AvgIpc) is 2.78. The molecule has 1 atom stereocenters. The van der Waals surface area contributed by atoms with Gasteiger partial charge in [-0.05, 0) is 38.1 Å². The second-order valence-corrected chi connectivity index (χ2v) is 5.50. The Morgan fingerprint density at radius 2 is 2.05 bits per heavy atom. The highest BCUT2D eigenvalue weighted by Gasteiger charge is 2.17. The summed E-state index contributed by atoms with van der Waals surface area (Å²) in [5.41, 5.74) is 7.64. The van der Waals surface area contributed by atoms with Crippen molar-refractivity contribution in [3.63, 3.8) is 0 Å². The number of amides is 1. The van der Waals surface area contributed by atoms with Gasteiger partial charge in [-0.2, -0.15) is 5.10 Å². The molecule has 0 spiro atoms. The van der Waals surface area contributed by atoms with E-state index in [-0.39, 0.29) is 5.91 Å². The lowest BCUT2D eigenvalue weighted by molar-refractivity contribution is -0.119. The van der Waals surface area contributed by atoms with E-state index in [1.807, 2.05) is 0 Å². The number of aromatic nitrogens is 2. The van der Waals surface area contributed by atoms with Crippen LogP contribution in [0.2, 0.25) is 5.02 Å². The van der Waals surface area contributed by atoms with E-state index in [1.54, 1.807) is 44.3 Å². The molecule has 21 heavy (non-hydrogen) atoms. The number of hydrogen-bond donors (Lipinski definition) is 2. The molecule has 1 amide bonds. The van der Waals surface area contributed by atoms with Gasteiger partial charge in [0.05, 0.1) is 10.7 Å². The minimum absolute atomic E-state index is 0.183. The molecule has 1 aromatic carbocycles. The molecule has 0 aliphatic rings. The number of hydrogen-bond acceptors (Lipinski definition) is 3. The fourth-order valence-corrected chi connectivity index (χ4v) is 2.02. The highest BCUT2D eigenvalue weighted by Crippen LogP contribution is 2.17. The summed E-state index contributed by atoms with van der Waals surface area (Å²) in [6.07, 6.45) is 1.64.